The lowest BCUT2D eigenvalue weighted by atomic mass is 10.3. The number of aliphatic carboxylic acids is 1. The number of nitrogens with zero attached hydrogens (tertiary/aromatic N) is 2. The van der Waals surface area contributed by atoms with Crippen molar-refractivity contribution in [3.8, 4) is 0 Å². The third-order valence-corrected chi connectivity index (χ3v) is 2.17. The maximum Gasteiger partial charge on any atom is 0.401 e. The van der Waals surface area contributed by atoms with Crippen molar-refractivity contribution in [1.82, 2.24) is 9.80 Å². The Balaban J connectivity index is 4.75. The van der Waals surface area contributed by atoms with Gasteiger partial charge in [0.25, 0.3) is 0 Å². The van der Waals surface area contributed by atoms with E-state index in [2.05, 4.69) is 13.2 Å². The second kappa shape index (κ2) is 8.36. The highest BCUT2D eigenvalue weighted by molar-refractivity contribution is 5.79. The lowest BCUT2D eigenvalue weighted by Gasteiger charge is -2.25. The number of rotatable bonds is 9. The van der Waals surface area contributed by atoms with Gasteiger partial charge in [-0.05, 0) is 0 Å². The van der Waals surface area contributed by atoms with Gasteiger partial charge in [-0.25, -0.2) is 0 Å². The molecule has 0 unspecified atom stereocenters. The summed E-state index contributed by atoms with van der Waals surface area (Å²) in [6, 6.07) is 0. The molecule has 0 saturated heterocycles. The van der Waals surface area contributed by atoms with Crippen LogP contribution in [-0.4, -0.2) is 65.7 Å². The Labute approximate surface area is 115 Å². The van der Waals surface area contributed by atoms with Crippen LogP contribution in [-0.2, 0) is 9.59 Å². The summed E-state index contributed by atoms with van der Waals surface area (Å²) in [4.78, 5) is 24.1. The average Bonchev–Trinajstić information content (AvgIpc) is 2.25. The molecule has 0 rings (SSSR count). The average molecular weight is 294 g/mol. The fraction of sp³-hybridized carbons (Fsp3) is 0.500. The van der Waals surface area contributed by atoms with E-state index in [0.717, 1.165) is 0 Å². The van der Waals surface area contributed by atoms with Crippen LogP contribution >= 0.6 is 0 Å². The monoisotopic (exact) mass is 294 g/mol. The fourth-order valence-electron chi connectivity index (χ4n) is 1.49. The Morgan fingerprint density at radius 1 is 1.10 bits per heavy atom. The van der Waals surface area contributed by atoms with E-state index in [1.54, 1.807) is 0 Å². The molecule has 0 radical (unpaired) electrons. The van der Waals surface area contributed by atoms with Crippen LogP contribution in [0.4, 0.5) is 13.2 Å². The van der Waals surface area contributed by atoms with Crippen LogP contribution in [0.25, 0.3) is 0 Å². The molecule has 0 aliphatic heterocycles. The summed E-state index contributed by atoms with van der Waals surface area (Å²) in [5.74, 6) is -2.05. The maximum atomic E-state index is 12.3. The minimum absolute atomic E-state index is 0.151. The van der Waals surface area contributed by atoms with Gasteiger partial charge in [-0.1, -0.05) is 12.2 Å². The normalized spacial score (nSPS) is 11.2. The number of carbonyl (C=O) groups is 2. The molecule has 0 aromatic carbocycles. The third kappa shape index (κ3) is 8.30. The lowest BCUT2D eigenvalue weighted by Crippen LogP contribution is -2.45. The summed E-state index contributed by atoms with van der Waals surface area (Å²) < 4.78 is 36.9. The van der Waals surface area contributed by atoms with E-state index in [-0.39, 0.29) is 13.1 Å². The highest BCUT2D eigenvalue weighted by atomic mass is 19.4. The molecule has 20 heavy (non-hydrogen) atoms. The molecule has 114 valence electrons. The zero-order chi connectivity index (χ0) is 15.8. The van der Waals surface area contributed by atoms with Crippen LogP contribution in [0.1, 0.15) is 0 Å². The zero-order valence-electron chi connectivity index (χ0n) is 10.9. The molecular weight excluding hydrogens is 277 g/mol. The van der Waals surface area contributed by atoms with E-state index in [0.29, 0.717) is 4.90 Å². The molecule has 0 spiro atoms. The number of carboxylic acid groups (broad SMARTS) is 1. The van der Waals surface area contributed by atoms with Crippen LogP contribution in [0.2, 0.25) is 0 Å². The molecule has 1 N–H and O–H groups in total. The Hall–Kier alpha value is -1.83. The molecule has 0 saturated carbocycles. The van der Waals surface area contributed by atoms with Gasteiger partial charge in [0.1, 0.15) is 0 Å². The van der Waals surface area contributed by atoms with Crippen molar-refractivity contribution in [3.63, 3.8) is 0 Å². The van der Waals surface area contributed by atoms with E-state index < -0.39 is 37.7 Å². The predicted octanol–water partition coefficient (Wildman–Crippen LogP) is 1.14. The first-order chi connectivity index (χ1) is 9.19. The van der Waals surface area contributed by atoms with Crippen LogP contribution < -0.4 is 0 Å². The van der Waals surface area contributed by atoms with Gasteiger partial charge in [0, 0.05) is 13.1 Å². The highest BCUT2D eigenvalue weighted by Gasteiger charge is 2.32. The summed E-state index contributed by atoms with van der Waals surface area (Å²) in [7, 11) is 0. The Morgan fingerprint density at radius 3 is 1.95 bits per heavy atom. The quantitative estimate of drug-likeness (QED) is 0.648. The second-order valence-corrected chi connectivity index (χ2v) is 4.03. The van der Waals surface area contributed by atoms with E-state index in [9.17, 15) is 22.8 Å². The van der Waals surface area contributed by atoms with E-state index in [1.807, 2.05) is 0 Å². The first-order valence-corrected chi connectivity index (χ1v) is 5.70. The zero-order valence-corrected chi connectivity index (χ0v) is 10.9. The van der Waals surface area contributed by atoms with Crippen LogP contribution in [0.3, 0.4) is 0 Å². The number of hydrogen-bond donors (Lipinski definition) is 1. The second-order valence-electron chi connectivity index (χ2n) is 4.03. The molecule has 0 aromatic rings. The topological polar surface area (TPSA) is 60.9 Å². The predicted molar refractivity (Wildman–Crippen MR) is 67.1 cm³/mol. The molecule has 0 atom stereocenters. The molecule has 0 aromatic heterocycles. The van der Waals surface area contributed by atoms with Crippen molar-refractivity contribution in [2.24, 2.45) is 0 Å². The first-order valence-electron chi connectivity index (χ1n) is 5.70. The summed E-state index contributed by atoms with van der Waals surface area (Å²) >= 11 is 0. The minimum Gasteiger partial charge on any atom is -0.480 e. The fourth-order valence-corrected chi connectivity index (χ4v) is 1.49. The summed E-state index contributed by atoms with van der Waals surface area (Å²) in [6.07, 6.45) is -1.73. The minimum atomic E-state index is -4.57. The Bertz CT molecular complexity index is 359. The number of alkyl halides is 3. The molecule has 0 heterocycles. The number of amides is 1. The van der Waals surface area contributed by atoms with Crippen molar-refractivity contribution in [2.45, 2.75) is 6.18 Å². The van der Waals surface area contributed by atoms with E-state index in [1.165, 1.54) is 17.1 Å². The molecule has 0 fully saturated rings. The number of hydrogen-bond acceptors (Lipinski definition) is 3. The molecule has 1 amide bonds. The van der Waals surface area contributed by atoms with Gasteiger partial charge >= 0.3 is 12.1 Å². The van der Waals surface area contributed by atoms with Crippen molar-refractivity contribution in [1.29, 1.82) is 0 Å². The molecule has 0 bridgehead atoms. The van der Waals surface area contributed by atoms with Gasteiger partial charge in [-0.15, -0.1) is 13.2 Å². The SMILES string of the molecule is C=CCN(CC=C)C(=O)CN(CC(=O)O)CC(F)(F)F. The highest BCUT2D eigenvalue weighted by Crippen LogP contribution is 2.16. The standard InChI is InChI=1S/C12H17F3N2O3/c1-3-5-17(6-4-2)10(18)7-16(8-11(19)20)9-12(13,14)15/h3-4H,1-2,5-9H2,(H,19,20). The van der Waals surface area contributed by atoms with Gasteiger partial charge in [0.15, 0.2) is 0 Å². The molecular formula is C12H17F3N2O3. The number of halogens is 3. The van der Waals surface area contributed by atoms with Crippen molar-refractivity contribution in [3.05, 3.63) is 25.3 Å². The van der Waals surface area contributed by atoms with Crippen LogP contribution in [0.5, 0.6) is 0 Å². The van der Waals surface area contributed by atoms with Crippen LogP contribution in [0.15, 0.2) is 25.3 Å². The molecule has 0 aliphatic rings. The number of carboxylic acids is 1. The molecule has 0 aliphatic carbocycles. The third-order valence-electron chi connectivity index (χ3n) is 2.17. The van der Waals surface area contributed by atoms with Gasteiger partial charge < -0.3 is 10.0 Å². The van der Waals surface area contributed by atoms with Gasteiger partial charge in [-0.3, -0.25) is 14.5 Å². The van der Waals surface area contributed by atoms with E-state index >= 15 is 0 Å². The molecule has 8 heteroatoms. The van der Waals surface area contributed by atoms with E-state index in [4.69, 9.17) is 5.11 Å². The lowest BCUT2D eigenvalue weighted by molar-refractivity contribution is -0.156. The van der Waals surface area contributed by atoms with Gasteiger partial charge in [0.05, 0.1) is 19.6 Å². The largest absolute Gasteiger partial charge is 0.480 e. The summed E-state index contributed by atoms with van der Waals surface area (Å²) in [6.45, 7) is 4.22. The summed E-state index contributed by atoms with van der Waals surface area (Å²) in [5, 5.41) is 8.57. The van der Waals surface area contributed by atoms with Gasteiger partial charge in [-0.2, -0.15) is 13.2 Å². The smallest absolute Gasteiger partial charge is 0.401 e. The van der Waals surface area contributed by atoms with Crippen LogP contribution in [0, 0.1) is 0 Å². The van der Waals surface area contributed by atoms with Crippen molar-refractivity contribution < 1.29 is 27.9 Å². The Morgan fingerprint density at radius 2 is 1.60 bits per heavy atom. The molecule has 5 nitrogen and oxygen atoms in total. The maximum absolute atomic E-state index is 12.3. The van der Waals surface area contributed by atoms with Crippen molar-refractivity contribution in [2.75, 3.05) is 32.7 Å². The summed E-state index contributed by atoms with van der Waals surface area (Å²) in [5.41, 5.74) is 0. The first kappa shape index (κ1) is 18.2. The van der Waals surface area contributed by atoms with Crippen molar-refractivity contribution >= 4 is 11.9 Å². The number of carbonyl (C=O) groups excluding carboxylic acids is 1. The van der Waals surface area contributed by atoms with Gasteiger partial charge in [0.2, 0.25) is 5.91 Å². The Kier molecular flexibility index (Phi) is 7.60.